The molecule has 14 heavy (non-hydrogen) atoms. The fourth-order valence-corrected chi connectivity index (χ4v) is 2.89. The Hall–Kier alpha value is -0.770. The van der Waals surface area contributed by atoms with Crippen molar-refractivity contribution in [1.29, 1.82) is 0 Å². The van der Waals surface area contributed by atoms with Crippen molar-refractivity contribution >= 4 is 11.8 Å². The first-order valence-corrected chi connectivity index (χ1v) is 5.98. The van der Waals surface area contributed by atoms with Crippen molar-refractivity contribution in [3.63, 3.8) is 0 Å². The van der Waals surface area contributed by atoms with Crippen molar-refractivity contribution in [2.45, 2.75) is 12.8 Å². The highest BCUT2D eigenvalue weighted by Crippen LogP contribution is 2.25. The predicted octanol–water partition coefficient (Wildman–Crippen LogP) is 1.78. The number of ether oxygens (including phenoxy) is 1. The first-order chi connectivity index (χ1) is 6.88. The van der Waals surface area contributed by atoms with Crippen LogP contribution in [0.4, 0.5) is 0 Å². The Kier molecular flexibility index (Phi) is 3.24. The zero-order valence-electron chi connectivity index (χ0n) is 8.27. The van der Waals surface area contributed by atoms with E-state index in [9.17, 15) is 0 Å². The van der Waals surface area contributed by atoms with Gasteiger partial charge in [-0.3, -0.25) is 0 Å². The van der Waals surface area contributed by atoms with Gasteiger partial charge in [-0.15, -0.1) is 5.10 Å². The van der Waals surface area contributed by atoms with Crippen molar-refractivity contribution in [2.24, 2.45) is 5.92 Å². The molecule has 0 aromatic carbocycles. The summed E-state index contributed by atoms with van der Waals surface area (Å²) in [4.78, 5) is 0. The minimum absolute atomic E-state index is 0.592. The van der Waals surface area contributed by atoms with Gasteiger partial charge in [-0.05, 0) is 36.3 Å². The first-order valence-electron chi connectivity index (χ1n) is 4.83. The summed E-state index contributed by atoms with van der Waals surface area (Å²) in [5.41, 5.74) is 1.08. The van der Waals surface area contributed by atoms with Gasteiger partial charge in [0, 0.05) is 6.07 Å². The van der Waals surface area contributed by atoms with E-state index in [4.69, 9.17) is 4.74 Å². The standard InChI is InChI=1S/C10H14N2OS/c1-13-10-3-2-9(11-12-10)6-8-4-5-14-7-8/h2-3,8H,4-7H2,1H3. The zero-order chi connectivity index (χ0) is 9.80. The molecular formula is C10H14N2OS. The average Bonchev–Trinajstić information content (AvgIpc) is 2.72. The van der Waals surface area contributed by atoms with E-state index < -0.39 is 0 Å². The maximum absolute atomic E-state index is 4.96. The molecule has 0 saturated carbocycles. The molecule has 0 amide bonds. The van der Waals surface area contributed by atoms with Crippen LogP contribution in [0, 0.1) is 5.92 Å². The summed E-state index contributed by atoms with van der Waals surface area (Å²) in [6.07, 6.45) is 2.38. The SMILES string of the molecule is COc1ccc(CC2CCSC2)nn1. The smallest absolute Gasteiger partial charge is 0.233 e. The van der Waals surface area contributed by atoms with Crippen LogP contribution >= 0.6 is 11.8 Å². The molecule has 1 aliphatic rings. The Morgan fingerprint density at radius 2 is 2.43 bits per heavy atom. The maximum atomic E-state index is 4.96. The number of hydrogen-bond acceptors (Lipinski definition) is 4. The summed E-state index contributed by atoms with van der Waals surface area (Å²) in [5, 5.41) is 8.09. The van der Waals surface area contributed by atoms with Crippen LogP contribution in [0.5, 0.6) is 5.88 Å². The molecule has 76 valence electrons. The van der Waals surface area contributed by atoms with Gasteiger partial charge in [0.25, 0.3) is 0 Å². The van der Waals surface area contributed by atoms with E-state index in [2.05, 4.69) is 10.2 Å². The summed E-state index contributed by atoms with van der Waals surface area (Å²) in [6, 6.07) is 3.89. The number of rotatable bonds is 3. The molecule has 0 bridgehead atoms. The molecule has 0 N–H and O–H groups in total. The third-order valence-electron chi connectivity index (χ3n) is 2.43. The monoisotopic (exact) mass is 210 g/mol. The van der Waals surface area contributed by atoms with E-state index >= 15 is 0 Å². The van der Waals surface area contributed by atoms with Crippen LogP contribution in [0.1, 0.15) is 12.1 Å². The van der Waals surface area contributed by atoms with Crippen LogP contribution in [-0.2, 0) is 6.42 Å². The van der Waals surface area contributed by atoms with E-state index in [0.717, 1.165) is 18.0 Å². The van der Waals surface area contributed by atoms with E-state index in [0.29, 0.717) is 5.88 Å². The molecule has 0 aliphatic carbocycles. The summed E-state index contributed by atoms with van der Waals surface area (Å²) in [7, 11) is 1.61. The molecule has 1 saturated heterocycles. The molecule has 4 heteroatoms. The molecule has 1 fully saturated rings. The maximum Gasteiger partial charge on any atom is 0.233 e. The number of aromatic nitrogens is 2. The van der Waals surface area contributed by atoms with Gasteiger partial charge in [-0.1, -0.05) is 0 Å². The van der Waals surface area contributed by atoms with Crippen LogP contribution in [-0.4, -0.2) is 28.8 Å². The zero-order valence-corrected chi connectivity index (χ0v) is 9.09. The van der Waals surface area contributed by atoms with Crippen molar-refractivity contribution in [2.75, 3.05) is 18.6 Å². The lowest BCUT2D eigenvalue weighted by atomic mass is 10.0. The van der Waals surface area contributed by atoms with E-state index in [1.165, 1.54) is 17.9 Å². The predicted molar refractivity (Wildman–Crippen MR) is 57.7 cm³/mol. The lowest BCUT2D eigenvalue weighted by Gasteiger charge is -2.06. The van der Waals surface area contributed by atoms with Gasteiger partial charge in [0.1, 0.15) is 0 Å². The highest BCUT2D eigenvalue weighted by Gasteiger charge is 2.16. The second-order valence-electron chi connectivity index (χ2n) is 3.50. The summed E-state index contributed by atoms with van der Waals surface area (Å²) >= 11 is 2.04. The topological polar surface area (TPSA) is 35.0 Å². The number of nitrogens with zero attached hydrogens (tertiary/aromatic N) is 2. The lowest BCUT2D eigenvalue weighted by Crippen LogP contribution is -2.05. The second kappa shape index (κ2) is 4.64. The lowest BCUT2D eigenvalue weighted by molar-refractivity contribution is 0.390. The Morgan fingerprint density at radius 3 is 3.00 bits per heavy atom. The quantitative estimate of drug-likeness (QED) is 0.761. The first kappa shape index (κ1) is 9.77. The van der Waals surface area contributed by atoms with Crippen molar-refractivity contribution in [3.05, 3.63) is 17.8 Å². The molecular weight excluding hydrogens is 196 g/mol. The van der Waals surface area contributed by atoms with Gasteiger partial charge in [0.05, 0.1) is 12.8 Å². The van der Waals surface area contributed by atoms with Gasteiger partial charge in [0.2, 0.25) is 5.88 Å². The molecule has 1 aromatic heterocycles. The summed E-state index contributed by atoms with van der Waals surface area (Å²) in [6.45, 7) is 0. The fraction of sp³-hybridized carbons (Fsp3) is 0.600. The van der Waals surface area contributed by atoms with Gasteiger partial charge >= 0.3 is 0 Å². The molecule has 1 aliphatic heterocycles. The normalized spacial score (nSPS) is 21.1. The highest BCUT2D eigenvalue weighted by molar-refractivity contribution is 7.99. The summed E-state index contributed by atoms with van der Waals surface area (Å²) < 4.78 is 4.96. The molecule has 2 heterocycles. The van der Waals surface area contributed by atoms with Crippen molar-refractivity contribution < 1.29 is 4.74 Å². The Balaban J connectivity index is 1.95. The number of thioether (sulfide) groups is 1. The van der Waals surface area contributed by atoms with Crippen molar-refractivity contribution in [1.82, 2.24) is 10.2 Å². The third-order valence-corrected chi connectivity index (χ3v) is 3.66. The molecule has 2 rings (SSSR count). The second-order valence-corrected chi connectivity index (χ2v) is 4.65. The largest absolute Gasteiger partial charge is 0.480 e. The number of hydrogen-bond donors (Lipinski definition) is 0. The number of methoxy groups -OCH3 is 1. The minimum atomic E-state index is 0.592. The fourth-order valence-electron chi connectivity index (χ4n) is 1.61. The molecule has 0 radical (unpaired) electrons. The Labute approximate surface area is 88.3 Å². The van der Waals surface area contributed by atoms with Crippen LogP contribution in [0.3, 0.4) is 0 Å². The van der Waals surface area contributed by atoms with Crippen LogP contribution < -0.4 is 4.74 Å². The van der Waals surface area contributed by atoms with Crippen LogP contribution in [0.25, 0.3) is 0 Å². The summed E-state index contributed by atoms with van der Waals surface area (Å²) in [5.74, 6) is 3.96. The van der Waals surface area contributed by atoms with Gasteiger partial charge < -0.3 is 4.74 Å². The Bertz CT molecular complexity index is 283. The van der Waals surface area contributed by atoms with Gasteiger partial charge in [-0.25, -0.2) is 0 Å². The average molecular weight is 210 g/mol. The van der Waals surface area contributed by atoms with Crippen LogP contribution in [0.15, 0.2) is 12.1 Å². The van der Waals surface area contributed by atoms with Crippen LogP contribution in [0.2, 0.25) is 0 Å². The molecule has 0 spiro atoms. The molecule has 1 aromatic rings. The van der Waals surface area contributed by atoms with Gasteiger partial charge in [-0.2, -0.15) is 16.9 Å². The highest BCUT2D eigenvalue weighted by atomic mass is 32.2. The van der Waals surface area contributed by atoms with E-state index in [1.807, 2.05) is 23.9 Å². The minimum Gasteiger partial charge on any atom is -0.480 e. The van der Waals surface area contributed by atoms with Gasteiger partial charge in [0.15, 0.2) is 0 Å². The molecule has 1 atom stereocenters. The third kappa shape index (κ3) is 2.38. The Morgan fingerprint density at radius 1 is 1.50 bits per heavy atom. The van der Waals surface area contributed by atoms with E-state index in [1.54, 1.807) is 7.11 Å². The van der Waals surface area contributed by atoms with E-state index in [-0.39, 0.29) is 0 Å². The van der Waals surface area contributed by atoms with Crippen molar-refractivity contribution in [3.8, 4) is 5.88 Å². The molecule has 3 nitrogen and oxygen atoms in total. The molecule has 1 unspecified atom stereocenters.